The minimum atomic E-state index is -1.04. The van der Waals surface area contributed by atoms with Gasteiger partial charge in [-0.3, -0.25) is 9.59 Å². The Morgan fingerprint density at radius 3 is 2.15 bits per heavy atom. The van der Waals surface area contributed by atoms with Crippen LogP contribution in [0.5, 0.6) is 0 Å². The first-order valence-electron chi connectivity index (χ1n) is 10.2. The number of carboxylic acid groups (broad SMARTS) is 1. The molecule has 0 spiro atoms. The van der Waals surface area contributed by atoms with E-state index in [0.29, 0.717) is 24.2 Å². The molecule has 7 aliphatic rings. The maximum absolute atomic E-state index is 13.3. The van der Waals surface area contributed by atoms with Crippen LogP contribution in [0.3, 0.4) is 0 Å². The standard InChI is InChI=1S/C20H26O6/c21-17(22)13-11-4-12-14(13)18(23)25-15(12)16(11)26-19(24)20-5-8-1-9(6-20)3-10(2-8)7-20/h8-16,18,23H,1-7H2,(H,21,22). The summed E-state index contributed by atoms with van der Waals surface area (Å²) in [6, 6.07) is 0. The number of esters is 1. The highest BCUT2D eigenvalue weighted by molar-refractivity contribution is 5.78. The van der Waals surface area contributed by atoms with Gasteiger partial charge in [0.05, 0.1) is 11.3 Å². The van der Waals surface area contributed by atoms with E-state index in [4.69, 9.17) is 9.47 Å². The van der Waals surface area contributed by atoms with Gasteiger partial charge in [-0.15, -0.1) is 0 Å². The fraction of sp³-hybridized carbons (Fsp3) is 0.900. The summed E-state index contributed by atoms with van der Waals surface area (Å²) in [5.41, 5.74) is -0.341. The lowest BCUT2D eigenvalue weighted by atomic mass is 9.49. The molecular formula is C20H26O6. The number of carboxylic acids is 1. The van der Waals surface area contributed by atoms with E-state index in [9.17, 15) is 19.8 Å². The molecular weight excluding hydrogens is 336 g/mol. The van der Waals surface area contributed by atoms with Gasteiger partial charge in [-0.25, -0.2) is 0 Å². The normalized spacial score (nSPS) is 58.3. The van der Waals surface area contributed by atoms with Crippen LogP contribution in [0.2, 0.25) is 0 Å². The van der Waals surface area contributed by atoms with Gasteiger partial charge in [0.1, 0.15) is 12.2 Å². The lowest BCUT2D eigenvalue weighted by Crippen LogP contribution is -2.52. The number of fused-ring (bicyclic) bond motifs is 1. The number of ether oxygens (including phenoxy) is 2. The first-order chi connectivity index (χ1) is 12.4. The van der Waals surface area contributed by atoms with Crippen LogP contribution in [0.4, 0.5) is 0 Å². The van der Waals surface area contributed by atoms with Crippen molar-refractivity contribution in [3.63, 3.8) is 0 Å². The van der Waals surface area contributed by atoms with E-state index in [2.05, 4.69) is 0 Å². The van der Waals surface area contributed by atoms with E-state index in [1.165, 1.54) is 19.3 Å². The van der Waals surface area contributed by atoms with Gasteiger partial charge in [-0.1, -0.05) is 0 Å². The lowest BCUT2D eigenvalue weighted by Gasteiger charge is -2.55. The van der Waals surface area contributed by atoms with Gasteiger partial charge in [0.15, 0.2) is 6.29 Å². The Labute approximate surface area is 152 Å². The Bertz CT molecular complexity index is 638. The third-order valence-corrected chi connectivity index (χ3v) is 8.71. The Hall–Kier alpha value is -1.14. The number of carbonyl (C=O) groups excluding carboxylic acids is 1. The number of hydrogen-bond acceptors (Lipinski definition) is 5. The molecule has 7 rings (SSSR count). The van der Waals surface area contributed by atoms with E-state index in [1.807, 2.05) is 0 Å². The number of aliphatic hydroxyl groups excluding tert-OH is 1. The SMILES string of the molecule is O=C(O)C1C2CC3C(OC(O)C31)C2OC(=O)C12CC3CC(CC(C3)C1)C2. The smallest absolute Gasteiger partial charge is 0.312 e. The van der Waals surface area contributed by atoms with E-state index < -0.39 is 24.3 Å². The molecule has 1 heterocycles. The summed E-state index contributed by atoms with van der Waals surface area (Å²) in [5, 5.41) is 19.8. The fourth-order valence-electron chi connectivity index (χ4n) is 8.28. The van der Waals surface area contributed by atoms with Crippen LogP contribution in [-0.4, -0.2) is 40.6 Å². The molecule has 1 saturated heterocycles. The number of aliphatic hydroxyl groups is 1. The van der Waals surface area contributed by atoms with Crippen LogP contribution in [-0.2, 0) is 19.1 Å². The quantitative estimate of drug-likeness (QED) is 0.744. The zero-order valence-corrected chi connectivity index (χ0v) is 14.8. The van der Waals surface area contributed by atoms with Gasteiger partial charge in [0.25, 0.3) is 0 Å². The summed E-state index contributed by atoms with van der Waals surface area (Å²) in [6.07, 6.45) is 5.43. The van der Waals surface area contributed by atoms with Gasteiger partial charge >= 0.3 is 11.9 Å². The van der Waals surface area contributed by atoms with Crippen molar-refractivity contribution in [3.05, 3.63) is 0 Å². The van der Waals surface area contributed by atoms with Crippen LogP contribution in [0.25, 0.3) is 0 Å². The molecule has 6 aliphatic carbocycles. The van der Waals surface area contributed by atoms with Crippen LogP contribution in [0.1, 0.15) is 44.9 Å². The molecule has 0 aromatic carbocycles. The van der Waals surface area contributed by atoms with Crippen molar-refractivity contribution in [2.24, 2.45) is 46.8 Å². The van der Waals surface area contributed by atoms with Crippen LogP contribution < -0.4 is 0 Å². The van der Waals surface area contributed by atoms with Crippen molar-refractivity contribution in [2.75, 3.05) is 0 Å². The van der Waals surface area contributed by atoms with E-state index >= 15 is 0 Å². The molecule has 1 aliphatic heterocycles. The zero-order chi connectivity index (χ0) is 17.8. The van der Waals surface area contributed by atoms with E-state index in [-0.39, 0.29) is 35.2 Å². The lowest BCUT2D eigenvalue weighted by molar-refractivity contribution is -0.189. The molecule has 7 unspecified atom stereocenters. The maximum Gasteiger partial charge on any atom is 0.312 e. The molecule has 2 N–H and O–H groups in total. The summed E-state index contributed by atoms with van der Waals surface area (Å²) in [7, 11) is 0. The average molecular weight is 362 g/mol. The Kier molecular flexibility index (Phi) is 3.06. The Balaban J connectivity index is 1.26. The van der Waals surface area contributed by atoms with Crippen LogP contribution in [0, 0.1) is 46.8 Å². The molecule has 0 aromatic rings. The Morgan fingerprint density at radius 2 is 1.58 bits per heavy atom. The third kappa shape index (κ3) is 1.90. The minimum absolute atomic E-state index is 0.00487. The van der Waals surface area contributed by atoms with E-state index in [1.54, 1.807) is 0 Å². The molecule has 0 aromatic heterocycles. The third-order valence-electron chi connectivity index (χ3n) is 8.71. The van der Waals surface area contributed by atoms with Crippen molar-refractivity contribution in [2.45, 2.75) is 63.4 Å². The van der Waals surface area contributed by atoms with E-state index in [0.717, 1.165) is 19.3 Å². The van der Waals surface area contributed by atoms with Gasteiger partial charge in [-0.2, -0.15) is 0 Å². The first-order valence-corrected chi connectivity index (χ1v) is 10.2. The van der Waals surface area contributed by atoms with Crippen LogP contribution >= 0.6 is 0 Å². The average Bonchev–Trinajstić information content (AvgIpc) is 3.16. The second kappa shape index (κ2) is 5.02. The van der Waals surface area contributed by atoms with Crippen molar-refractivity contribution in [1.29, 1.82) is 0 Å². The molecule has 142 valence electrons. The second-order valence-corrected chi connectivity index (χ2v) is 10.1. The topological polar surface area (TPSA) is 93.1 Å². The molecule has 6 heteroatoms. The summed E-state index contributed by atoms with van der Waals surface area (Å²) >= 11 is 0. The largest absolute Gasteiger partial charge is 0.481 e. The number of hydrogen-bond donors (Lipinski definition) is 2. The monoisotopic (exact) mass is 362 g/mol. The summed E-state index contributed by atoms with van der Waals surface area (Å²) in [6.45, 7) is 0. The second-order valence-electron chi connectivity index (χ2n) is 10.1. The number of rotatable bonds is 3. The number of aliphatic carboxylic acids is 1. The molecule has 0 amide bonds. The molecule has 7 fully saturated rings. The van der Waals surface area contributed by atoms with Crippen molar-refractivity contribution < 1.29 is 29.3 Å². The maximum atomic E-state index is 13.3. The van der Waals surface area contributed by atoms with Gasteiger partial charge in [0, 0.05) is 11.8 Å². The van der Waals surface area contributed by atoms with Gasteiger partial charge < -0.3 is 19.7 Å². The highest BCUT2D eigenvalue weighted by Gasteiger charge is 2.69. The van der Waals surface area contributed by atoms with Crippen molar-refractivity contribution >= 4 is 11.9 Å². The molecule has 0 radical (unpaired) electrons. The number of carbonyl (C=O) groups is 2. The van der Waals surface area contributed by atoms with Gasteiger partial charge in [-0.05, 0) is 68.6 Å². The minimum Gasteiger partial charge on any atom is -0.481 e. The Morgan fingerprint density at radius 1 is 0.962 bits per heavy atom. The fourth-order valence-corrected chi connectivity index (χ4v) is 8.28. The molecule has 26 heavy (non-hydrogen) atoms. The first kappa shape index (κ1) is 15.9. The highest BCUT2D eigenvalue weighted by Crippen LogP contribution is 2.63. The zero-order valence-electron chi connectivity index (χ0n) is 14.8. The molecule has 7 atom stereocenters. The van der Waals surface area contributed by atoms with Crippen molar-refractivity contribution in [3.8, 4) is 0 Å². The molecule has 6 nitrogen and oxygen atoms in total. The van der Waals surface area contributed by atoms with Crippen LogP contribution in [0.15, 0.2) is 0 Å². The van der Waals surface area contributed by atoms with Crippen molar-refractivity contribution in [1.82, 2.24) is 0 Å². The highest BCUT2D eigenvalue weighted by atomic mass is 16.6. The summed E-state index contributed by atoms with van der Waals surface area (Å²) in [5.74, 6) is -0.257. The van der Waals surface area contributed by atoms with Gasteiger partial charge in [0.2, 0.25) is 0 Å². The predicted octanol–water partition coefficient (Wildman–Crippen LogP) is 1.80. The molecule has 6 saturated carbocycles. The summed E-state index contributed by atoms with van der Waals surface area (Å²) in [4.78, 5) is 25.0. The summed E-state index contributed by atoms with van der Waals surface area (Å²) < 4.78 is 11.7. The predicted molar refractivity (Wildman–Crippen MR) is 87.6 cm³/mol. The molecule has 6 bridgehead atoms.